The van der Waals surface area contributed by atoms with Crippen LogP contribution >= 0.6 is 0 Å². The molecule has 2 unspecified atom stereocenters. The van der Waals surface area contributed by atoms with Gasteiger partial charge < -0.3 is 0 Å². The fourth-order valence-electron chi connectivity index (χ4n) is 3.43. The number of hydrogen-bond donors (Lipinski definition) is 0. The Morgan fingerprint density at radius 2 is 1.85 bits per heavy atom. The largest absolute Gasteiger partial charge is 0.0887 e. The maximum absolute atomic E-state index is 2.29. The van der Waals surface area contributed by atoms with Crippen molar-refractivity contribution in [3.05, 3.63) is 11.6 Å². The number of hydrogen-bond acceptors (Lipinski definition) is 0. The first kappa shape index (κ1) is 9.30. The van der Waals surface area contributed by atoms with Crippen LogP contribution in [-0.2, 0) is 0 Å². The van der Waals surface area contributed by atoms with Gasteiger partial charge in [0, 0.05) is 0 Å². The molecule has 2 saturated carbocycles. The molecule has 0 aromatic carbocycles. The van der Waals surface area contributed by atoms with Crippen LogP contribution in [0.5, 0.6) is 0 Å². The van der Waals surface area contributed by atoms with Gasteiger partial charge in [0.15, 0.2) is 0 Å². The average molecular weight is 178 g/mol. The molecule has 0 heteroatoms. The van der Waals surface area contributed by atoms with Gasteiger partial charge in [0.2, 0.25) is 0 Å². The standard InChI is InChI=1S/C13H22/c1-3-10(2)7-11-8-12-5-4-6-13(12)9-11/h3,11-13H,4-9H2,1-2H3. The molecule has 2 atom stereocenters. The van der Waals surface area contributed by atoms with Crippen molar-refractivity contribution in [3.63, 3.8) is 0 Å². The van der Waals surface area contributed by atoms with Crippen molar-refractivity contribution in [2.75, 3.05) is 0 Å². The lowest BCUT2D eigenvalue weighted by Crippen LogP contribution is -1.96. The summed E-state index contributed by atoms with van der Waals surface area (Å²) in [6, 6.07) is 0. The Morgan fingerprint density at radius 3 is 2.38 bits per heavy atom. The number of rotatable bonds is 2. The summed E-state index contributed by atoms with van der Waals surface area (Å²) in [5.74, 6) is 3.27. The second-order valence-electron chi connectivity index (χ2n) is 5.13. The molecule has 0 amide bonds. The molecule has 0 aliphatic heterocycles. The molecule has 0 nitrogen and oxygen atoms in total. The van der Waals surface area contributed by atoms with Crippen molar-refractivity contribution in [2.45, 2.75) is 52.4 Å². The SMILES string of the molecule is CC=C(C)CC1CC2CCCC2C1. The topological polar surface area (TPSA) is 0 Å². The molecule has 2 fully saturated rings. The fraction of sp³-hybridized carbons (Fsp3) is 0.846. The normalized spacial score (nSPS) is 39.5. The van der Waals surface area contributed by atoms with E-state index in [2.05, 4.69) is 19.9 Å². The zero-order valence-corrected chi connectivity index (χ0v) is 9.05. The zero-order chi connectivity index (χ0) is 9.26. The Bertz CT molecular complexity index is 190. The molecule has 0 spiro atoms. The van der Waals surface area contributed by atoms with E-state index in [0.717, 1.165) is 17.8 Å². The molecule has 2 aliphatic carbocycles. The summed E-state index contributed by atoms with van der Waals surface area (Å²) in [6.45, 7) is 4.46. The minimum absolute atomic E-state index is 1.03. The Kier molecular flexibility index (Phi) is 2.76. The second-order valence-corrected chi connectivity index (χ2v) is 5.13. The Balaban J connectivity index is 1.85. The maximum atomic E-state index is 2.29. The lowest BCUT2D eigenvalue weighted by Gasteiger charge is -2.10. The van der Waals surface area contributed by atoms with Gasteiger partial charge in [-0.3, -0.25) is 0 Å². The Hall–Kier alpha value is -0.260. The van der Waals surface area contributed by atoms with Gasteiger partial charge in [0.25, 0.3) is 0 Å². The molecule has 0 aromatic heterocycles. The molecule has 2 rings (SSSR count). The summed E-state index contributed by atoms with van der Waals surface area (Å²) in [7, 11) is 0. The molecule has 0 bridgehead atoms. The summed E-state index contributed by atoms with van der Waals surface area (Å²) in [6.07, 6.45) is 11.3. The van der Waals surface area contributed by atoms with E-state index in [1.807, 2.05) is 0 Å². The van der Waals surface area contributed by atoms with Crippen LogP contribution in [0.2, 0.25) is 0 Å². The third-order valence-corrected chi connectivity index (χ3v) is 4.19. The highest BCUT2D eigenvalue weighted by atomic mass is 14.4. The van der Waals surface area contributed by atoms with E-state index in [9.17, 15) is 0 Å². The summed E-state index contributed by atoms with van der Waals surface area (Å²) in [5, 5.41) is 0. The fourth-order valence-corrected chi connectivity index (χ4v) is 3.43. The van der Waals surface area contributed by atoms with Crippen LogP contribution in [0.4, 0.5) is 0 Å². The van der Waals surface area contributed by atoms with Crippen LogP contribution < -0.4 is 0 Å². The Labute approximate surface area is 82.4 Å². The van der Waals surface area contributed by atoms with Gasteiger partial charge >= 0.3 is 0 Å². The van der Waals surface area contributed by atoms with Crippen molar-refractivity contribution in [2.24, 2.45) is 17.8 Å². The smallest absolute Gasteiger partial charge is 0.0294 e. The van der Waals surface area contributed by atoms with Crippen LogP contribution in [0.3, 0.4) is 0 Å². The molecule has 0 heterocycles. The number of allylic oxidation sites excluding steroid dienone is 2. The van der Waals surface area contributed by atoms with Crippen LogP contribution in [0.15, 0.2) is 11.6 Å². The van der Waals surface area contributed by atoms with Gasteiger partial charge in [0.05, 0.1) is 0 Å². The van der Waals surface area contributed by atoms with Gasteiger partial charge in [-0.05, 0) is 50.9 Å². The average Bonchev–Trinajstić information content (AvgIpc) is 2.63. The molecule has 74 valence electrons. The van der Waals surface area contributed by atoms with Crippen LogP contribution in [0.25, 0.3) is 0 Å². The van der Waals surface area contributed by atoms with Crippen molar-refractivity contribution < 1.29 is 0 Å². The zero-order valence-electron chi connectivity index (χ0n) is 9.05. The molecular formula is C13H22. The van der Waals surface area contributed by atoms with E-state index in [-0.39, 0.29) is 0 Å². The van der Waals surface area contributed by atoms with Gasteiger partial charge in [-0.15, -0.1) is 0 Å². The summed E-state index contributed by atoms with van der Waals surface area (Å²) in [4.78, 5) is 0. The van der Waals surface area contributed by atoms with Crippen molar-refractivity contribution in [1.82, 2.24) is 0 Å². The highest BCUT2D eigenvalue weighted by Crippen LogP contribution is 2.48. The number of fused-ring (bicyclic) bond motifs is 1. The summed E-state index contributed by atoms with van der Waals surface area (Å²) in [5.41, 5.74) is 1.60. The maximum Gasteiger partial charge on any atom is -0.0294 e. The highest BCUT2D eigenvalue weighted by Gasteiger charge is 2.36. The van der Waals surface area contributed by atoms with Gasteiger partial charge in [-0.2, -0.15) is 0 Å². The van der Waals surface area contributed by atoms with Gasteiger partial charge in [-0.1, -0.05) is 30.9 Å². The molecule has 2 aliphatic rings. The lowest BCUT2D eigenvalue weighted by atomic mass is 9.96. The van der Waals surface area contributed by atoms with Crippen LogP contribution in [-0.4, -0.2) is 0 Å². The third kappa shape index (κ3) is 1.98. The first-order valence-corrected chi connectivity index (χ1v) is 5.91. The van der Waals surface area contributed by atoms with Crippen molar-refractivity contribution >= 4 is 0 Å². The monoisotopic (exact) mass is 178 g/mol. The van der Waals surface area contributed by atoms with E-state index in [1.165, 1.54) is 38.5 Å². The Morgan fingerprint density at radius 1 is 1.23 bits per heavy atom. The molecule has 0 aromatic rings. The van der Waals surface area contributed by atoms with E-state index >= 15 is 0 Å². The van der Waals surface area contributed by atoms with E-state index in [4.69, 9.17) is 0 Å². The predicted molar refractivity (Wildman–Crippen MR) is 57.6 cm³/mol. The minimum Gasteiger partial charge on any atom is -0.0887 e. The molecule has 13 heavy (non-hydrogen) atoms. The summed E-state index contributed by atoms with van der Waals surface area (Å²) < 4.78 is 0. The predicted octanol–water partition coefficient (Wildman–Crippen LogP) is 4.17. The minimum atomic E-state index is 1.03. The highest BCUT2D eigenvalue weighted by molar-refractivity contribution is 5.00. The molecular weight excluding hydrogens is 156 g/mol. The third-order valence-electron chi connectivity index (χ3n) is 4.19. The van der Waals surface area contributed by atoms with E-state index in [1.54, 1.807) is 5.57 Å². The van der Waals surface area contributed by atoms with Crippen molar-refractivity contribution in [3.8, 4) is 0 Å². The van der Waals surface area contributed by atoms with Crippen LogP contribution in [0, 0.1) is 17.8 Å². The molecule has 0 N–H and O–H groups in total. The van der Waals surface area contributed by atoms with Gasteiger partial charge in [0.1, 0.15) is 0 Å². The summed E-state index contributed by atoms with van der Waals surface area (Å²) >= 11 is 0. The lowest BCUT2D eigenvalue weighted by molar-refractivity contribution is 0.457. The quantitative estimate of drug-likeness (QED) is 0.557. The first-order chi connectivity index (χ1) is 6.29. The van der Waals surface area contributed by atoms with Gasteiger partial charge in [-0.25, -0.2) is 0 Å². The van der Waals surface area contributed by atoms with Crippen molar-refractivity contribution in [1.29, 1.82) is 0 Å². The van der Waals surface area contributed by atoms with E-state index in [0.29, 0.717) is 0 Å². The first-order valence-electron chi connectivity index (χ1n) is 5.91. The molecule has 0 saturated heterocycles. The molecule has 0 radical (unpaired) electrons. The van der Waals surface area contributed by atoms with Crippen LogP contribution in [0.1, 0.15) is 52.4 Å². The van der Waals surface area contributed by atoms with E-state index < -0.39 is 0 Å². The second kappa shape index (κ2) is 3.86.